The number of carbonyl (C=O) groups is 1. The maximum absolute atomic E-state index is 13.2. The quantitative estimate of drug-likeness (QED) is 0.771. The average Bonchev–Trinajstić information content (AvgIpc) is 3.05. The maximum atomic E-state index is 13.2. The van der Waals surface area contributed by atoms with E-state index < -0.39 is 15.6 Å². The monoisotopic (exact) mass is 381 g/mol. The highest BCUT2D eigenvalue weighted by molar-refractivity contribution is 7.86. The highest BCUT2D eigenvalue weighted by Crippen LogP contribution is 2.41. The molecular formula is C18H27N3O4S. The van der Waals surface area contributed by atoms with Gasteiger partial charge in [-0.3, -0.25) is 4.79 Å². The molecule has 8 heteroatoms. The van der Waals surface area contributed by atoms with Crippen LogP contribution in [0.5, 0.6) is 5.75 Å². The van der Waals surface area contributed by atoms with Gasteiger partial charge in [-0.25, -0.2) is 0 Å². The molecule has 0 N–H and O–H groups in total. The van der Waals surface area contributed by atoms with Crippen LogP contribution in [-0.4, -0.2) is 68.7 Å². The average molecular weight is 381 g/mol. The second-order valence-electron chi connectivity index (χ2n) is 7.34. The van der Waals surface area contributed by atoms with Gasteiger partial charge in [0.2, 0.25) is 5.91 Å². The minimum absolute atomic E-state index is 0.0722. The van der Waals surface area contributed by atoms with Crippen molar-refractivity contribution in [2.75, 3.05) is 40.8 Å². The first-order chi connectivity index (χ1) is 12.3. The number of rotatable bonds is 5. The topological polar surface area (TPSA) is 70.2 Å². The molecule has 0 aliphatic carbocycles. The number of hydrogen-bond donors (Lipinski definition) is 0. The third kappa shape index (κ3) is 3.45. The molecule has 0 radical (unpaired) electrons. The molecule has 1 atom stereocenters. The minimum atomic E-state index is -3.48. The van der Waals surface area contributed by atoms with Crippen LogP contribution in [0.2, 0.25) is 0 Å². The summed E-state index contributed by atoms with van der Waals surface area (Å²) >= 11 is 0. The van der Waals surface area contributed by atoms with Crippen molar-refractivity contribution in [1.82, 2.24) is 13.5 Å². The predicted molar refractivity (Wildman–Crippen MR) is 98.9 cm³/mol. The van der Waals surface area contributed by atoms with Gasteiger partial charge in [-0.05, 0) is 37.0 Å². The third-order valence-corrected chi connectivity index (χ3v) is 7.33. The van der Waals surface area contributed by atoms with Gasteiger partial charge in [0.15, 0.2) is 0 Å². The summed E-state index contributed by atoms with van der Waals surface area (Å²) in [5, 5.41) is 0. The van der Waals surface area contributed by atoms with Crippen molar-refractivity contribution in [2.45, 2.75) is 25.8 Å². The lowest BCUT2D eigenvalue weighted by molar-refractivity contribution is -0.146. The van der Waals surface area contributed by atoms with Crippen molar-refractivity contribution in [3.63, 3.8) is 0 Å². The Bertz CT molecular complexity index is 780. The number of amides is 1. The smallest absolute Gasteiger partial charge is 0.281 e. The highest BCUT2D eigenvalue weighted by Gasteiger charge is 2.51. The van der Waals surface area contributed by atoms with Gasteiger partial charge in [-0.2, -0.15) is 17.0 Å². The van der Waals surface area contributed by atoms with Crippen molar-refractivity contribution in [2.24, 2.45) is 5.41 Å². The van der Waals surface area contributed by atoms with Gasteiger partial charge in [0.05, 0.1) is 12.5 Å². The fourth-order valence-electron chi connectivity index (χ4n) is 3.94. The highest BCUT2D eigenvalue weighted by atomic mass is 32.2. The molecule has 0 saturated carbocycles. The Morgan fingerprint density at radius 3 is 2.69 bits per heavy atom. The Morgan fingerprint density at radius 1 is 1.23 bits per heavy atom. The second kappa shape index (κ2) is 7.17. The molecule has 2 saturated heterocycles. The Balaban J connectivity index is 1.76. The molecule has 0 aromatic heterocycles. The molecule has 26 heavy (non-hydrogen) atoms. The normalized spacial score (nSPS) is 24.6. The second-order valence-corrected chi connectivity index (χ2v) is 9.48. The zero-order valence-electron chi connectivity index (χ0n) is 15.6. The molecule has 2 fully saturated rings. The van der Waals surface area contributed by atoms with Crippen molar-refractivity contribution in [1.29, 1.82) is 0 Å². The largest absolute Gasteiger partial charge is 0.497 e. The van der Waals surface area contributed by atoms with Crippen LogP contribution in [0.25, 0.3) is 0 Å². The zero-order valence-corrected chi connectivity index (χ0v) is 16.5. The van der Waals surface area contributed by atoms with E-state index in [2.05, 4.69) is 0 Å². The number of likely N-dealkylation sites (tertiary alicyclic amines) is 1. The molecule has 2 heterocycles. The number of nitrogens with zero attached hydrogens (tertiary/aromatic N) is 3. The summed E-state index contributed by atoms with van der Waals surface area (Å²) in [6.07, 6.45) is 2.24. The van der Waals surface area contributed by atoms with E-state index in [4.69, 9.17) is 4.74 Å². The molecule has 1 spiro atoms. The van der Waals surface area contributed by atoms with E-state index in [0.29, 0.717) is 26.1 Å². The summed E-state index contributed by atoms with van der Waals surface area (Å²) in [5.74, 6) is 0.841. The molecule has 1 amide bonds. The zero-order chi connectivity index (χ0) is 18.9. The van der Waals surface area contributed by atoms with E-state index in [-0.39, 0.29) is 12.5 Å². The van der Waals surface area contributed by atoms with Crippen LogP contribution in [0.4, 0.5) is 0 Å². The summed E-state index contributed by atoms with van der Waals surface area (Å²) < 4.78 is 32.8. The summed E-state index contributed by atoms with van der Waals surface area (Å²) in [4.78, 5) is 15.1. The van der Waals surface area contributed by atoms with Gasteiger partial charge in [-0.15, -0.1) is 0 Å². The van der Waals surface area contributed by atoms with Gasteiger partial charge in [-0.1, -0.05) is 12.1 Å². The van der Waals surface area contributed by atoms with Crippen LogP contribution < -0.4 is 4.74 Å². The van der Waals surface area contributed by atoms with Crippen molar-refractivity contribution in [3.05, 3.63) is 29.8 Å². The lowest BCUT2D eigenvalue weighted by Crippen LogP contribution is -2.50. The lowest BCUT2D eigenvalue weighted by atomic mass is 9.78. The van der Waals surface area contributed by atoms with Gasteiger partial charge in [0, 0.05) is 40.3 Å². The van der Waals surface area contributed by atoms with Gasteiger partial charge in [0.25, 0.3) is 10.2 Å². The molecule has 144 valence electrons. The van der Waals surface area contributed by atoms with Crippen LogP contribution in [0.15, 0.2) is 24.3 Å². The first-order valence-corrected chi connectivity index (χ1v) is 10.3. The van der Waals surface area contributed by atoms with E-state index in [9.17, 15) is 13.2 Å². The molecule has 0 unspecified atom stereocenters. The Hall–Kier alpha value is -1.64. The SMILES string of the molecule is COc1cccc(CN2CCC[C@@]3(CCN(S(=O)(=O)N(C)C)C3)C2=O)c1. The van der Waals surface area contributed by atoms with Gasteiger partial charge in [0.1, 0.15) is 5.75 Å². The minimum Gasteiger partial charge on any atom is -0.497 e. The van der Waals surface area contributed by atoms with Gasteiger partial charge < -0.3 is 9.64 Å². The van der Waals surface area contributed by atoms with E-state index >= 15 is 0 Å². The molecule has 1 aromatic carbocycles. The number of benzene rings is 1. The summed E-state index contributed by atoms with van der Waals surface area (Å²) in [6.45, 7) is 1.91. The van der Waals surface area contributed by atoms with E-state index in [1.54, 1.807) is 7.11 Å². The van der Waals surface area contributed by atoms with Crippen molar-refractivity contribution in [3.8, 4) is 5.75 Å². The lowest BCUT2D eigenvalue weighted by Gasteiger charge is -2.39. The molecule has 3 rings (SSSR count). The van der Waals surface area contributed by atoms with Crippen LogP contribution in [0.3, 0.4) is 0 Å². The molecule has 2 aliphatic rings. The molecule has 1 aromatic rings. The Morgan fingerprint density at radius 2 is 2.00 bits per heavy atom. The standard InChI is InChI=1S/C18H27N3O4S/c1-19(2)26(23,24)21-11-9-18(14-21)8-5-10-20(17(18)22)13-15-6-4-7-16(12-15)25-3/h4,6-7,12H,5,8-11,13-14H2,1-3H3/t18-/m0/s1. The number of carbonyl (C=O) groups excluding carboxylic acids is 1. The number of piperidine rings is 1. The molecule has 0 bridgehead atoms. The summed E-state index contributed by atoms with van der Waals surface area (Å²) in [6, 6.07) is 7.71. The van der Waals surface area contributed by atoms with Crippen LogP contribution >= 0.6 is 0 Å². The van der Waals surface area contributed by atoms with E-state index in [1.165, 1.54) is 22.7 Å². The maximum Gasteiger partial charge on any atom is 0.281 e. The number of hydrogen-bond acceptors (Lipinski definition) is 4. The fourth-order valence-corrected chi connectivity index (χ4v) is 5.13. The van der Waals surface area contributed by atoms with E-state index in [1.807, 2.05) is 29.2 Å². The van der Waals surface area contributed by atoms with Crippen LogP contribution in [0.1, 0.15) is 24.8 Å². The summed E-state index contributed by atoms with van der Waals surface area (Å²) in [5.41, 5.74) is 0.436. The fraction of sp³-hybridized carbons (Fsp3) is 0.611. The Kier molecular flexibility index (Phi) is 5.28. The summed E-state index contributed by atoms with van der Waals surface area (Å²) in [7, 11) is 1.19. The third-order valence-electron chi connectivity index (χ3n) is 5.44. The first kappa shape index (κ1) is 19.1. The predicted octanol–water partition coefficient (Wildman–Crippen LogP) is 1.32. The number of ether oxygens (including phenoxy) is 1. The van der Waals surface area contributed by atoms with Crippen LogP contribution in [-0.2, 0) is 21.5 Å². The van der Waals surface area contributed by atoms with Gasteiger partial charge >= 0.3 is 0 Å². The Labute approximate surface area is 155 Å². The van der Waals surface area contributed by atoms with Crippen LogP contribution in [0, 0.1) is 5.41 Å². The first-order valence-electron chi connectivity index (χ1n) is 8.88. The molecular weight excluding hydrogens is 354 g/mol. The molecule has 2 aliphatic heterocycles. The van der Waals surface area contributed by atoms with E-state index in [0.717, 1.165) is 24.2 Å². The molecule has 7 nitrogen and oxygen atoms in total. The van der Waals surface area contributed by atoms with Crippen molar-refractivity contribution < 1.29 is 17.9 Å². The number of methoxy groups -OCH3 is 1. The van der Waals surface area contributed by atoms with Crippen molar-refractivity contribution >= 4 is 16.1 Å².